The van der Waals surface area contributed by atoms with Gasteiger partial charge in [-0.1, -0.05) is 12.1 Å². The lowest BCUT2D eigenvalue weighted by Gasteiger charge is -2.21. The molecule has 146 valence electrons. The van der Waals surface area contributed by atoms with Crippen LogP contribution in [0.1, 0.15) is 19.7 Å². The zero-order valence-corrected chi connectivity index (χ0v) is 16.9. The molecule has 0 radical (unpaired) electrons. The molecule has 6 heteroatoms. The fraction of sp³-hybridized carbons (Fsp3) is 0.273. The predicted octanol–water partition coefficient (Wildman–Crippen LogP) is 5.13. The lowest BCUT2D eigenvalue weighted by Crippen LogP contribution is -2.21. The van der Waals surface area contributed by atoms with E-state index in [9.17, 15) is 0 Å². The number of nitrogens with one attached hydrogen (secondary N) is 2. The monoisotopic (exact) mass is 377 g/mol. The summed E-state index contributed by atoms with van der Waals surface area (Å²) in [7, 11) is 1.65. The van der Waals surface area contributed by atoms with Crippen molar-refractivity contribution in [2.45, 2.75) is 20.8 Å². The zero-order valence-electron chi connectivity index (χ0n) is 16.9. The van der Waals surface area contributed by atoms with E-state index < -0.39 is 0 Å². The molecule has 2 N–H and O–H groups in total. The van der Waals surface area contributed by atoms with Gasteiger partial charge in [0, 0.05) is 30.5 Å². The second kappa shape index (κ2) is 9.08. The summed E-state index contributed by atoms with van der Waals surface area (Å²) in [5, 5.41) is 6.67. The third kappa shape index (κ3) is 4.71. The van der Waals surface area contributed by atoms with Crippen LogP contribution in [0.15, 0.2) is 54.6 Å². The summed E-state index contributed by atoms with van der Waals surface area (Å²) in [4.78, 5) is 11.3. The summed E-state index contributed by atoms with van der Waals surface area (Å²) in [6.45, 7) is 8.19. The molecule has 1 heterocycles. The molecule has 2 aromatic carbocycles. The van der Waals surface area contributed by atoms with E-state index in [1.807, 2.05) is 37.3 Å². The van der Waals surface area contributed by atoms with E-state index >= 15 is 0 Å². The lowest BCUT2D eigenvalue weighted by atomic mass is 10.2. The van der Waals surface area contributed by atoms with Crippen LogP contribution in [0.25, 0.3) is 0 Å². The molecule has 0 spiro atoms. The highest BCUT2D eigenvalue weighted by atomic mass is 16.5. The molecular weight excluding hydrogens is 350 g/mol. The van der Waals surface area contributed by atoms with Gasteiger partial charge in [-0.25, -0.2) is 9.97 Å². The van der Waals surface area contributed by atoms with Crippen LogP contribution in [0.3, 0.4) is 0 Å². The van der Waals surface area contributed by atoms with E-state index in [1.165, 1.54) is 5.69 Å². The average molecular weight is 377 g/mol. The smallest absolute Gasteiger partial charge is 0.142 e. The number of hydrogen-bond acceptors (Lipinski definition) is 6. The Kier molecular flexibility index (Phi) is 6.32. The van der Waals surface area contributed by atoms with Gasteiger partial charge in [-0.05, 0) is 57.2 Å². The molecule has 0 unspecified atom stereocenters. The molecule has 0 bridgehead atoms. The van der Waals surface area contributed by atoms with Gasteiger partial charge in [-0.15, -0.1) is 0 Å². The van der Waals surface area contributed by atoms with Crippen LogP contribution in [-0.2, 0) is 0 Å². The van der Waals surface area contributed by atoms with Crippen LogP contribution in [0.4, 0.5) is 28.7 Å². The number of methoxy groups -OCH3 is 1. The fourth-order valence-corrected chi connectivity index (χ4v) is 3.07. The van der Waals surface area contributed by atoms with Gasteiger partial charge in [-0.2, -0.15) is 0 Å². The van der Waals surface area contributed by atoms with Crippen molar-refractivity contribution in [3.05, 3.63) is 60.4 Å². The van der Waals surface area contributed by atoms with Crippen molar-refractivity contribution in [1.82, 2.24) is 9.97 Å². The van der Waals surface area contributed by atoms with Crippen LogP contribution in [0.2, 0.25) is 0 Å². The Labute approximate surface area is 166 Å². The molecule has 0 aliphatic rings. The minimum Gasteiger partial charge on any atom is -0.495 e. The quantitative estimate of drug-likeness (QED) is 0.568. The molecule has 3 rings (SSSR count). The summed E-state index contributed by atoms with van der Waals surface area (Å²) >= 11 is 0. The third-order valence-corrected chi connectivity index (χ3v) is 4.48. The summed E-state index contributed by atoms with van der Waals surface area (Å²) in [5.41, 5.74) is 3.06. The standard InChI is InChI=1S/C22H27N5O/c1-5-27(6-2)18-13-11-17(12-14-18)25-21-15-22(24-16(3)23-21)26-19-9-7-8-10-20(19)28-4/h7-15H,5-6H2,1-4H3,(H2,23,24,25,26). The minimum atomic E-state index is 0.683. The first-order valence-electron chi connectivity index (χ1n) is 9.50. The number of aromatic nitrogens is 2. The Morgan fingerprint density at radius 3 is 2.18 bits per heavy atom. The molecule has 0 aliphatic carbocycles. The summed E-state index contributed by atoms with van der Waals surface area (Å²) < 4.78 is 5.40. The highest BCUT2D eigenvalue weighted by Gasteiger charge is 2.07. The van der Waals surface area contributed by atoms with Crippen LogP contribution in [0, 0.1) is 6.92 Å². The van der Waals surface area contributed by atoms with Crippen LogP contribution < -0.4 is 20.3 Å². The number of anilines is 5. The number of nitrogens with zero attached hydrogens (tertiary/aromatic N) is 3. The minimum absolute atomic E-state index is 0.683. The van der Waals surface area contributed by atoms with Crippen molar-refractivity contribution in [3.8, 4) is 5.75 Å². The molecule has 0 amide bonds. The number of rotatable bonds is 8. The van der Waals surface area contributed by atoms with Gasteiger partial charge < -0.3 is 20.3 Å². The Morgan fingerprint density at radius 2 is 1.54 bits per heavy atom. The van der Waals surface area contributed by atoms with E-state index in [0.29, 0.717) is 11.6 Å². The van der Waals surface area contributed by atoms with Gasteiger partial charge in [0.2, 0.25) is 0 Å². The SMILES string of the molecule is CCN(CC)c1ccc(Nc2cc(Nc3ccccc3OC)nc(C)n2)cc1. The van der Waals surface area contributed by atoms with Gasteiger partial charge >= 0.3 is 0 Å². The first-order chi connectivity index (χ1) is 13.6. The molecule has 0 saturated heterocycles. The third-order valence-electron chi connectivity index (χ3n) is 4.48. The van der Waals surface area contributed by atoms with Gasteiger partial charge in [0.15, 0.2) is 0 Å². The number of ether oxygens (including phenoxy) is 1. The maximum absolute atomic E-state index is 5.40. The Morgan fingerprint density at radius 1 is 0.893 bits per heavy atom. The molecule has 1 aromatic heterocycles. The van der Waals surface area contributed by atoms with Gasteiger partial charge in [0.1, 0.15) is 23.2 Å². The molecule has 3 aromatic rings. The molecule has 28 heavy (non-hydrogen) atoms. The average Bonchev–Trinajstić information content (AvgIpc) is 2.70. The zero-order chi connectivity index (χ0) is 19.9. The molecule has 0 fully saturated rings. The van der Waals surface area contributed by atoms with E-state index in [2.05, 4.69) is 63.6 Å². The number of para-hydroxylation sites is 2. The molecule has 0 aliphatic heterocycles. The lowest BCUT2D eigenvalue weighted by molar-refractivity contribution is 0.417. The van der Waals surface area contributed by atoms with Crippen molar-refractivity contribution in [1.29, 1.82) is 0 Å². The van der Waals surface area contributed by atoms with Crippen molar-refractivity contribution >= 4 is 28.7 Å². The Hall–Kier alpha value is -3.28. The maximum atomic E-state index is 5.40. The Balaban J connectivity index is 1.78. The summed E-state index contributed by atoms with van der Waals surface area (Å²) in [6, 6.07) is 18.0. The van der Waals surface area contributed by atoms with Gasteiger partial charge in [0.05, 0.1) is 12.8 Å². The van der Waals surface area contributed by atoms with Crippen molar-refractivity contribution in [3.63, 3.8) is 0 Å². The van der Waals surface area contributed by atoms with E-state index in [-0.39, 0.29) is 0 Å². The van der Waals surface area contributed by atoms with Crippen LogP contribution >= 0.6 is 0 Å². The first-order valence-corrected chi connectivity index (χ1v) is 9.50. The van der Waals surface area contributed by atoms with Crippen molar-refractivity contribution < 1.29 is 4.74 Å². The maximum Gasteiger partial charge on any atom is 0.142 e. The summed E-state index contributed by atoms with van der Waals surface area (Å²) in [6.07, 6.45) is 0. The fourth-order valence-electron chi connectivity index (χ4n) is 3.07. The predicted molar refractivity (Wildman–Crippen MR) is 116 cm³/mol. The highest BCUT2D eigenvalue weighted by Crippen LogP contribution is 2.27. The topological polar surface area (TPSA) is 62.3 Å². The second-order valence-corrected chi connectivity index (χ2v) is 6.36. The van der Waals surface area contributed by atoms with Crippen LogP contribution in [0.5, 0.6) is 5.75 Å². The number of aryl methyl sites for hydroxylation is 1. The normalized spacial score (nSPS) is 10.4. The largest absolute Gasteiger partial charge is 0.495 e. The van der Waals surface area contributed by atoms with E-state index in [1.54, 1.807) is 7.11 Å². The van der Waals surface area contributed by atoms with Crippen molar-refractivity contribution in [2.24, 2.45) is 0 Å². The van der Waals surface area contributed by atoms with Gasteiger partial charge in [-0.3, -0.25) is 0 Å². The van der Waals surface area contributed by atoms with Gasteiger partial charge in [0.25, 0.3) is 0 Å². The summed E-state index contributed by atoms with van der Waals surface area (Å²) in [5.74, 6) is 2.89. The first kappa shape index (κ1) is 19.5. The van der Waals surface area contributed by atoms with E-state index in [0.717, 1.165) is 36.0 Å². The van der Waals surface area contributed by atoms with E-state index in [4.69, 9.17) is 4.74 Å². The molecular formula is C22H27N5O. The Bertz CT molecular complexity index is 907. The van der Waals surface area contributed by atoms with Crippen molar-refractivity contribution in [2.75, 3.05) is 35.7 Å². The molecule has 0 atom stereocenters. The highest BCUT2D eigenvalue weighted by molar-refractivity contribution is 5.67. The molecule has 0 saturated carbocycles. The molecule has 6 nitrogen and oxygen atoms in total. The van der Waals surface area contributed by atoms with Crippen LogP contribution in [-0.4, -0.2) is 30.2 Å². The number of hydrogen-bond donors (Lipinski definition) is 2. The second-order valence-electron chi connectivity index (χ2n) is 6.36. The number of benzene rings is 2.